The first-order chi connectivity index (χ1) is 9.35. The van der Waals surface area contributed by atoms with Crippen LogP contribution in [0.15, 0.2) is 41.3 Å². The minimum absolute atomic E-state index is 0.451. The molecule has 0 aliphatic rings. The van der Waals surface area contributed by atoms with Crippen LogP contribution in [0.25, 0.3) is 16.7 Å². The summed E-state index contributed by atoms with van der Waals surface area (Å²) >= 11 is 0. The standard InChI is InChI=1S/C15H18N2O3/c1-10(16-17-14(18)20-15(2,3)4)13-9-11-7-5-6-8-12(11)19-13/h5-9,16H,1H2,2-4H3,(H,17,18). The van der Waals surface area contributed by atoms with Crippen LogP contribution in [-0.2, 0) is 4.74 Å². The first-order valence-electron chi connectivity index (χ1n) is 6.28. The molecule has 20 heavy (non-hydrogen) atoms. The van der Waals surface area contributed by atoms with Gasteiger partial charge in [0.05, 0.1) is 5.70 Å². The molecule has 1 aromatic heterocycles. The highest BCUT2D eigenvalue weighted by Gasteiger charge is 2.16. The molecule has 0 unspecified atom stereocenters. The van der Waals surface area contributed by atoms with Crippen LogP contribution < -0.4 is 10.9 Å². The van der Waals surface area contributed by atoms with Gasteiger partial charge in [0.1, 0.15) is 11.2 Å². The maximum Gasteiger partial charge on any atom is 0.426 e. The Kier molecular flexibility index (Phi) is 3.70. The number of hydrogen-bond acceptors (Lipinski definition) is 4. The number of nitrogens with one attached hydrogen (secondary N) is 2. The van der Waals surface area contributed by atoms with E-state index in [0.717, 1.165) is 11.0 Å². The van der Waals surface area contributed by atoms with Crippen molar-refractivity contribution in [1.29, 1.82) is 0 Å². The molecular weight excluding hydrogens is 256 g/mol. The van der Waals surface area contributed by atoms with Gasteiger partial charge in [-0.25, -0.2) is 10.2 Å². The summed E-state index contributed by atoms with van der Waals surface area (Å²) in [5, 5.41) is 0.975. The number of benzene rings is 1. The van der Waals surface area contributed by atoms with Crippen LogP contribution in [-0.4, -0.2) is 11.7 Å². The molecule has 2 rings (SSSR count). The van der Waals surface area contributed by atoms with Crippen LogP contribution in [0, 0.1) is 0 Å². The smallest absolute Gasteiger partial charge is 0.426 e. The van der Waals surface area contributed by atoms with E-state index in [1.54, 1.807) is 20.8 Å². The fourth-order valence-electron chi connectivity index (χ4n) is 1.62. The van der Waals surface area contributed by atoms with Crippen LogP contribution in [0.4, 0.5) is 4.79 Å². The largest absolute Gasteiger partial charge is 0.454 e. The van der Waals surface area contributed by atoms with Gasteiger partial charge in [-0.15, -0.1) is 0 Å². The molecule has 5 nitrogen and oxygen atoms in total. The lowest BCUT2D eigenvalue weighted by atomic mass is 10.2. The van der Waals surface area contributed by atoms with E-state index in [-0.39, 0.29) is 0 Å². The predicted molar refractivity (Wildman–Crippen MR) is 77.8 cm³/mol. The molecule has 0 fully saturated rings. The number of furan rings is 1. The van der Waals surface area contributed by atoms with Gasteiger partial charge in [-0.1, -0.05) is 24.8 Å². The van der Waals surface area contributed by atoms with Gasteiger partial charge in [-0.05, 0) is 32.9 Å². The molecule has 0 bridgehead atoms. The lowest BCUT2D eigenvalue weighted by Crippen LogP contribution is -2.40. The van der Waals surface area contributed by atoms with Crippen molar-refractivity contribution in [3.63, 3.8) is 0 Å². The van der Waals surface area contributed by atoms with Crippen LogP contribution in [0.2, 0.25) is 0 Å². The van der Waals surface area contributed by atoms with Crippen molar-refractivity contribution in [1.82, 2.24) is 10.9 Å². The average molecular weight is 274 g/mol. The van der Waals surface area contributed by atoms with Crippen molar-refractivity contribution in [2.45, 2.75) is 26.4 Å². The van der Waals surface area contributed by atoms with Gasteiger partial charge in [-0.3, -0.25) is 5.43 Å². The van der Waals surface area contributed by atoms with E-state index in [2.05, 4.69) is 17.4 Å². The molecule has 1 heterocycles. The zero-order valence-corrected chi connectivity index (χ0v) is 11.8. The second-order valence-electron chi connectivity index (χ2n) is 5.38. The number of rotatable bonds is 3. The van der Waals surface area contributed by atoms with E-state index >= 15 is 0 Å². The molecule has 2 aromatic rings. The molecular formula is C15H18N2O3. The molecule has 0 radical (unpaired) electrons. The summed E-state index contributed by atoms with van der Waals surface area (Å²) < 4.78 is 10.7. The molecule has 1 aromatic carbocycles. The van der Waals surface area contributed by atoms with Gasteiger partial charge in [0.2, 0.25) is 0 Å². The van der Waals surface area contributed by atoms with E-state index in [0.29, 0.717) is 11.5 Å². The number of ether oxygens (including phenoxy) is 1. The summed E-state index contributed by atoms with van der Waals surface area (Å²) in [5.41, 5.74) is 5.75. The summed E-state index contributed by atoms with van der Waals surface area (Å²) in [7, 11) is 0. The molecule has 106 valence electrons. The van der Waals surface area contributed by atoms with Crippen molar-refractivity contribution in [2.75, 3.05) is 0 Å². The number of carbonyl (C=O) groups excluding carboxylic acids is 1. The number of para-hydroxylation sites is 1. The minimum Gasteiger partial charge on any atom is -0.454 e. The Morgan fingerprint density at radius 2 is 1.95 bits per heavy atom. The van der Waals surface area contributed by atoms with E-state index in [1.165, 1.54) is 0 Å². The molecule has 0 atom stereocenters. The van der Waals surface area contributed by atoms with Crippen LogP contribution in [0.5, 0.6) is 0 Å². The topological polar surface area (TPSA) is 63.5 Å². The maximum absolute atomic E-state index is 11.5. The van der Waals surface area contributed by atoms with Gasteiger partial charge in [0, 0.05) is 5.39 Å². The van der Waals surface area contributed by atoms with Gasteiger partial charge in [0.25, 0.3) is 0 Å². The SMILES string of the molecule is C=C(NNC(=O)OC(C)(C)C)c1cc2ccccc2o1. The molecule has 0 aliphatic carbocycles. The van der Waals surface area contributed by atoms with Gasteiger partial charge in [0.15, 0.2) is 5.76 Å². The minimum atomic E-state index is -0.574. The summed E-state index contributed by atoms with van der Waals surface area (Å²) in [6.45, 7) is 9.19. The monoisotopic (exact) mass is 274 g/mol. The van der Waals surface area contributed by atoms with Gasteiger partial charge >= 0.3 is 6.09 Å². The first-order valence-corrected chi connectivity index (χ1v) is 6.28. The predicted octanol–water partition coefficient (Wildman–Crippen LogP) is 3.43. The molecule has 0 aliphatic heterocycles. The lowest BCUT2D eigenvalue weighted by molar-refractivity contribution is 0.0511. The molecule has 0 spiro atoms. The maximum atomic E-state index is 11.5. The number of carbonyl (C=O) groups is 1. The Bertz CT molecular complexity index is 605. The third-order valence-electron chi connectivity index (χ3n) is 2.44. The van der Waals surface area contributed by atoms with Crippen molar-refractivity contribution in [3.8, 4) is 0 Å². The molecule has 1 amide bonds. The zero-order valence-electron chi connectivity index (χ0n) is 11.8. The van der Waals surface area contributed by atoms with E-state index in [1.807, 2.05) is 30.3 Å². The number of amides is 1. The Balaban J connectivity index is 1.97. The lowest BCUT2D eigenvalue weighted by Gasteiger charge is -2.20. The van der Waals surface area contributed by atoms with E-state index < -0.39 is 11.7 Å². The highest BCUT2D eigenvalue weighted by atomic mass is 16.6. The zero-order chi connectivity index (χ0) is 14.8. The quantitative estimate of drug-likeness (QED) is 0.842. The normalized spacial score (nSPS) is 11.2. The number of fused-ring (bicyclic) bond motifs is 1. The molecule has 0 saturated carbocycles. The van der Waals surface area contributed by atoms with Crippen molar-refractivity contribution < 1.29 is 13.9 Å². The first kappa shape index (κ1) is 14.0. The summed E-state index contributed by atoms with van der Waals surface area (Å²) in [5.74, 6) is 0.558. The van der Waals surface area contributed by atoms with Crippen molar-refractivity contribution in [3.05, 3.63) is 42.7 Å². The third kappa shape index (κ3) is 3.54. The van der Waals surface area contributed by atoms with Crippen molar-refractivity contribution in [2.24, 2.45) is 0 Å². The molecule has 0 saturated heterocycles. The second-order valence-corrected chi connectivity index (χ2v) is 5.38. The summed E-state index contributed by atoms with van der Waals surface area (Å²) in [6.07, 6.45) is -0.574. The molecule has 2 N–H and O–H groups in total. The average Bonchev–Trinajstić information content (AvgIpc) is 2.77. The Hall–Kier alpha value is -2.43. The van der Waals surface area contributed by atoms with E-state index in [4.69, 9.17) is 9.15 Å². The van der Waals surface area contributed by atoms with Gasteiger partial charge < -0.3 is 9.15 Å². The summed E-state index contributed by atoms with van der Waals surface area (Å²) in [6, 6.07) is 9.48. The summed E-state index contributed by atoms with van der Waals surface area (Å²) in [4.78, 5) is 11.5. The second kappa shape index (κ2) is 5.28. The highest BCUT2D eigenvalue weighted by molar-refractivity contribution is 5.81. The van der Waals surface area contributed by atoms with E-state index in [9.17, 15) is 4.79 Å². The number of hydrazine groups is 1. The van der Waals surface area contributed by atoms with Crippen LogP contribution in [0.1, 0.15) is 26.5 Å². The van der Waals surface area contributed by atoms with Crippen LogP contribution >= 0.6 is 0 Å². The Morgan fingerprint density at radius 3 is 2.60 bits per heavy atom. The fourth-order valence-corrected chi connectivity index (χ4v) is 1.62. The van der Waals surface area contributed by atoms with Crippen molar-refractivity contribution >= 4 is 22.8 Å². The van der Waals surface area contributed by atoms with Crippen LogP contribution in [0.3, 0.4) is 0 Å². The van der Waals surface area contributed by atoms with Gasteiger partial charge in [-0.2, -0.15) is 0 Å². The number of hydrogen-bond donors (Lipinski definition) is 2. The Morgan fingerprint density at radius 1 is 1.25 bits per heavy atom. The highest BCUT2D eigenvalue weighted by Crippen LogP contribution is 2.22. The third-order valence-corrected chi connectivity index (χ3v) is 2.44. The fraction of sp³-hybridized carbons (Fsp3) is 0.267. The molecule has 5 heteroatoms. The Labute approximate surface area is 117 Å².